The third-order valence-electron chi connectivity index (χ3n) is 5.98. The Balaban J connectivity index is 1.47. The first-order chi connectivity index (χ1) is 15.0. The van der Waals surface area contributed by atoms with Gasteiger partial charge in [-0.1, -0.05) is 30.3 Å². The van der Waals surface area contributed by atoms with Crippen molar-refractivity contribution >= 4 is 28.6 Å². The predicted octanol–water partition coefficient (Wildman–Crippen LogP) is 3.04. The van der Waals surface area contributed by atoms with Crippen molar-refractivity contribution < 1.29 is 19.1 Å². The molecule has 1 aromatic heterocycles. The summed E-state index contributed by atoms with van der Waals surface area (Å²) in [6.45, 7) is 5.04. The molecule has 0 spiro atoms. The lowest BCUT2D eigenvalue weighted by Crippen LogP contribution is -2.49. The molecule has 31 heavy (non-hydrogen) atoms. The molecule has 0 saturated carbocycles. The first-order valence-corrected chi connectivity index (χ1v) is 10.3. The van der Waals surface area contributed by atoms with E-state index in [1.54, 1.807) is 18.2 Å². The number of carbonyl (C=O) groups is 3. The normalized spacial score (nSPS) is 15.6. The molecule has 7 heteroatoms. The fourth-order valence-electron chi connectivity index (χ4n) is 4.08. The van der Waals surface area contributed by atoms with Crippen molar-refractivity contribution in [2.45, 2.75) is 13.0 Å². The molecule has 160 valence electrons. The minimum Gasteiger partial charge on any atom is -0.463 e. The molecule has 1 aliphatic heterocycles. The van der Waals surface area contributed by atoms with E-state index in [4.69, 9.17) is 0 Å². The van der Waals surface area contributed by atoms with Crippen molar-refractivity contribution in [3.63, 3.8) is 0 Å². The van der Waals surface area contributed by atoms with Gasteiger partial charge in [0.1, 0.15) is 0 Å². The Morgan fingerprint density at radius 3 is 2.39 bits per heavy atom. The number of hydrogen-bond donors (Lipinski definition) is 1. The van der Waals surface area contributed by atoms with Crippen molar-refractivity contribution in [2.75, 3.05) is 33.3 Å². The van der Waals surface area contributed by atoms with Crippen LogP contribution in [0, 0.1) is 0 Å². The fourth-order valence-corrected chi connectivity index (χ4v) is 4.08. The Hall–Kier alpha value is -3.45. The smallest absolute Gasteiger partial charge is 0.379 e. The fraction of sp³-hybridized carbons (Fsp3) is 0.292. The molecule has 1 saturated heterocycles. The number of aromatic amines is 1. The molecule has 2 heterocycles. The van der Waals surface area contributed by atoms with Gasteiger partial charge in [-0.2, -0.15) is 0 Å². The maximum absolute atomic E-state index is 13.1. The van der Waals surface area contributed by atoms with Crippen molar-refractivity contribution in [3.8, 4) is 0 Å². The number of rotatable bonds is 5. The van der Waals surface area contributed by atoms with Gasteiger partial charge >= 0.3 is 5.97 Å². The minimum atomic E-state index is -0.929. The van der Waals surface area contributed by atoms with Crippen molar-refractivity contribution in [1.82, 2.24) is 14.8 Å². The highest BCUT2D eigenvalue weighted by molar-refractivity contribution is 6.43. The van der Waals surface area contributed by atoms with E-state index < -0.39 is 11.8 Å². The SMILES string of the molecule is COC(=O)C(=O)c1c[nH]c2ccc(C(=O)N3CCN(C(C)c4ccccc4)CC3)cc12. The average molecular weight is 419 g/mol. The average Bonchev–Trinajstić information content (AvgIpc) is 3.26. The number of fused-ring (bicyclic) bond motifs is 1. The zero-order valence-electron chi connectivity index (χ0n) is 17.6. The highest BCUT2D eigenvalue weighted by Crippen LogP contribution is 2.24. The van der Waals surface area contributed by atoms with Crippen LogP contribution in [0.2, 0.25) is 0 Å². The number of amides is 1. The van der Waals surface area contributed by atoms with E-state index >= 15 is 0 Å². The summed E-state index contributed by atoms with van der Waals surface area (Å²) in [5, 5.41) is 0.539. The van der Waals surface area contributed by atoms with Crippen molar-refractivity contribution in [3.05, 3.63) is 71.4 Å². The lowest BCUT2D eigenvalue weighted by atomic mass is 10.0. The standard InChI is InChI=1S/C24H25N3O4/c1-16(17-6-4-3-5-7-17)26-10-12-27(13-11-26)23(29)18-8-9-21-19(14-18)20(15-25-21)22(28)24(30)31-2/h3-9,14-16,25H,10-13H2,1-2H3. The number of esters is 1. The third-order valence-corrected chi connectivity index (χ3v) is 5.98. The predicted molar refractivity (Wildman–Crippen MR) is 117 cm³/mol. The van der Waals surface area contributed by atoms with Gasteiger partial charge < -0.3 is 14.6 Å². The van der Waals surface area contributed by atoms with Gasteiger partial charge in [0.2, 0.25) is 0 Å². The van der Waals surface area contributed by atoms with Crippen LogP contribution in [-0.2, 0) is 9.53 Å². The Bertz CT molecular complexity index is 1110. The number of aromatic nitrogens is 1. The van der Waals surface area contributed by atoms with E-state index in [9.17, 15) is 14.4 Å². The number of ether oxygens (including phenoxy) is 1. The molecule has 1 unspecified atom stereocenters. The summed E-state index contributed by atoms with van der Waals surface area (Å²) in [5.41, 5.74) is 2.65. The van der Waals surface area contributed by atoms with Gasteiger partial charge in [-0.3, -0.25) is 14.5 Å². The summed E-state index contributed by atoms with van der Waals surface area (Å²) >= 11 is 0. The summed E-state index contributed by atoms with van der Waals surface area (Å²) in [6.07, 6.45) is 1.47. The molecule has 7 nitrogen and oxygen atoms in total. The maximum Gasteiger partial charge on any atom is 0.379 e. The van der Waals surface area contributed by atoms with E-state index in [2.05, 4.69) is 33.7 Å². The Morgan fingerprint density at radius 1 is 1.00 bits per heavy atom. The van der Waals surface area contributed by atoms with E-state index in [0.717, 1.165) is 13.1 Å². The highest BCUT2D eigenvalue weighted by atomic mass is 16.5. The largest absolute Gasteiger partial charge is 0.463 e. The number of Topliss-reactive ketones (excluding diaryl/α,β-unsaturated/α-hetero) is 1. The van der Waals surface area contributed by atoms with Crippen LogP contribution in [0.5, 0.6) is 0 Å². The number of benzene rings is 2. The molecule has 1 amide bonds. The summed E-state index contributed by atoms with van der Waals surface area (Å²) < 4.78 is 4.54. The number of methoxy groups -OCH3 is 1. The molecule has 1 fully saturated rings. The molecule has 1 atom stereocenters. The van der Waals surface area contributed by atoms with Crippen molar-refractivity contribution in [1.29, 1.82) is 0 Å². The van der Waals surface area contributed by atoms with Gasteiger partial charge in [-0.15, -0.1) is 0 Å². The van der Waals surface area contributed by atoms with Gasteiger partial charge in [-0.25, -0.2) is 4.79 Å². The zero-order valence-corrected chi connectivity index (χ0v) is 17.6. The second-order valence-corrected chi connectivity index (χ2v) is 7.70. The second-order valence-electron chi connectivity index (χ2n) is 7.70. The molecule has 3 aromatic rings. The number of ketones is 1. The van der Waals surface area contributed by atoms with Crippen LogP contribution in [-0.4, -0.2) is 65.7 Å². The molecule has 1 aliphatic rings. The van der Waals surface area contributed by atoms with E-state index in [1.807, 2.05) is 23.1 Å². The first kappa shape index (κ1) is 20.8. The molecule has 0 radical (unpaired) electrons. The van der Waals surface area contributed by atoms with Crippen LogP contribution in [0.1, 0.15) is 39.2 Å². The van der Waals surface area contributed by atoms with Crippen LogP contribution in [0.25, 0.3) is 10.9 Å². The van der Waals surface area contributed by atoms with Crippen LogP contribution in [0.15, 0.2) is 54.7 Å². The highest BCUT2D eigenvalue weighted by Gasteiger charge is 2.26. The lowest BCUT2D eigenvalue weighted by molar-refractivity contribution is -0.135. The summed E-state index contributed by atoms with van der Waals surface area (Å²) in [4.78, 5) is 44.2. The van der Waals surface area contributed by atoms with Crippen LogP contribution in [0.4, 0.5) is 0 Å². The molecular formula is C24H25N3O4. The Morgan fingerprint density at radius 2 is 1.71 bits per heavy atom. The van der Waals surface area contributed by atoms with Gasteiger partial charge in [0.25, 0.3) is 11.7 Å². The zero-order chi connectivity index (χ0) is 22.0. The van der Waals surface area contributed by atoms with Crippen LogP contribution in [0.3, 0.4) is 0 Å². The van der Waals surface area contributed by atoms with Gasteiger partial charge in [0.05, 0.1) is 12.7 Å². The summed E-state index contributed by atoms with van der Waals surface area (Å²) in [6, 6.07) is 15.8. The van der Waals surface area contributed by atoms with E-state index in [0.29, 0.717) is 35.6 Å². The number of nitrogens with one attached hydrogen (secondary N) is 1. The van der Waals surface area contributed by atoms with Crippen LogP contribution < -0.4 is 0 Å². The molecule has 1 N–H and O–H groups in total. The number of H-pyrrole nitrogens is 1. The third kappa shape index (κ3) is 4.09. The first-order valence-electron chi connectivity index (χ1n) is 10.3. The summed E-state index contributed by atoms with van der Waals surface area (Å²) in [5.74, 6) is -1.74. The van der Waals surface area contributed by atoms with Gasteiger partial charge in [0.15, 0.2) is 0 Å². The monoisotopic (exact) mass is 419 g/mol. The van der Waals surface area contributed by atoms with Gasteiger partial charge in [-0.05, 0) is 30.7 Å². The van der Waals surface area contributed by atoms with Gasteiger partial charge in [0, 0.05) is 54.9 Å². The molecular weight excluding hydrogens is 394 g/mol. The number of nitrogens with zero attached hydrogens (tertiary/aromatic N) is 2. The Labute approximate surface area is 180 Å². The second kappa shape index (κ2) is 8.73. The Kier molecular flexibility index (Phi) is 5.86. The molecule has 0 bridgehead atoms. The number of hydrogen-bond acceptors (Lipinski definition) is 5. The topological polar surface area (TPSA) is 82.7 Å². The number of carbonyl (C=O) groups excluding carboxylic acids is 3. The maximum atomic E-state index is 13.1. The molecule has 2 aromatic carbocycles. The van der Waals surface area contributed by atoms with Crippen molar-refractivity contribution in [2.24, 2.45) is 0 Å². The summed E-state index contributed by atoms with van der Waals surface area (Å²) in [7, 11) is 1.17. The minimum absolute atomic E-state index is 0.0772. The van der Waals surface area contributed by atoms with E-state index in [-0.39, 0.29) is 11.5 Å². The molecule has 4 rings (SSSR count). The quantitative estimate of drug-likeness (QED) is 0.391. The van der Waals surface area contributed by atoms with E-state index in [1.165, 1.54) is 18.9 Å². The molecule has 0 aliphatic carbocycles. The lowest BCUT2D eigenvalue weighted by Gasteiger charge is -2.38. The number of piperazine rings is 1. The van der Waals surface area contributed by atoms with Crippen LogP contribution >= 0.6 is 0 Å².